The summed E-state index contributed by atoms with van der Waals surface area (Å²) in [6, 6.07) is 32.7. The van der Waals surface area contributed by atoms with Gasteiger partial charge in [0.2, 0.25) is 5.89 Å². The van der Waals surface area contributed by atoms with Gasteiger partial charge in [0.05, 0.1) is 4.92 Å². The van der Waals surface area contributed by atoms with Gasteiger partial charge < -0.3 is 4.42 Å². The zero-order valence-corrected chi connectivity index (χ0v) is 17.9. The third kappa shape index (κ3) is 3.92. The Morgan fingerprint density at radius 2 is 1.33 bits per heavy atom. The highest BCUT2D eigenvalue weighted by Crippen LogP contribution is 2.39. The van der Waals surface area contributed by atoms with Crippen molar-refractivity contribution in [2.45, 2.75) is 6.92 Å². The molecule has 5 heteroatoms. The summed E-state index contributed by atoms with van der Waals surface area (Å²) in [5.74, 6) is 1.15. The molecule has 0 N–H and O–H groups in total. The lowest BCUT2D eigenvalue weighted by Crippen LogP contribution is -1.93. The van der Waals surface area contributed by atoms with Gasteiger partial charge in [-0.25, -0.2) is 4.98 Å². The Kier molecular flexibility index (Phi) is 5.29. The highest BCUT2D eigenvalue weighted by molar-refractivity contribution is 5.84. The van der Waals surface area contributed by atoms with Crippen molar-refractivity contribution in [2.24, 2.45) is 0 Å². The number of nitro groups is 1. The van der Waals surface area contributed by atoms with E-state index in [0.29, 0.717) is 17.2 Å². The zero-order chi connectivity index (χ0) is 22.8. The number of hydrogen-bond acceptors (Lipinski definition) is 4. The van der Waals surface area contributed by atoms with Crippen LogP contribution in [0.2, 0.25) is 0 Å². The van der Waals surface area contributed by atoms with Crippen molar-refractivity contribution < 1.29 is 9.34 Å². The fraction of sp³-hybridized carbons (Fsp3) is 0.0357. The van der Waals surface area contributed by atoms with E-state index in [-0.39, 0.29) is 10.6 Å². The van der Waals surface area contributed by atoms with Gasteiger partial charge >= 0.3 is 0 Å². The number of aromatic nitrogens is 1. The summed E-state index contributed by atoms with van der Waals surface area (Å²) >= 11 is 0. The largest absolute Gasteiger partial charge is 0.435 e. The van der Waals surface area contributed by atoms with Crippen LogP contribution >= 0.6 is 0 Å². The fourth-order valence-electron chi connectivity index (χ4n) is 3.91. The minimum absolute atomic E-state index is 0.0876. The topological polar surface area (TPSA) is 69.2 Å². The first kappa shape index (κ1) is 20.4. The Morgan fingerprint density at radius 3 is 2.00 bits per heavy atom. The Labute approximate surface area is 191 Å². The molecule has 0 aliphatic rings. The molecule has 33 heavy (non-hydrogen) atoms. The van der Waals surface area contributed by atoms with Crippen molar-refractivity contribution in [2.75, 3.05) is 0 Å². The van der Waals surface area contributed by atoms with E-state index >= 15 is 0 Å². The lowest BCUT2D eigenvalue weighted by Gasteiger charge is -2.08. The number of hydrogen-bond donors (Lipinski definition) is 0. The summed E-state index contributed by atoms with van der Waals surface area (Å²) in [5.41, 5.74) is 5.68. The molecule has 0 spiro atoms. The second-order valence-electron chi connectivity index (χ2n) is 7.73. The molecule has 0 saturated heterocycles. The summed E-state index contributed by atoms with van der Waals surface area (Å²) < 4.78 is 6.36. The predicted molar refractivity (Wildman–Crippen MR) is 130 cm³/mol. The molecule has 5 nitrogen and oxygen atoms in total. The fourth-order valence-corrected chi connectivity index (χ4v) is 3.91. The number of nitrogens with zero attached hydrogens (tertiary/aromatic N) is 2. The standard InChI is InChI=1S/C28H20N2O3/c1-19-16-17-22(18-25(19)30(31)32)23-14-8-9-15-24(23)28-29-26(20-10-4-2-5-11-20)27(33-28)21-12-6-3-7-13-21/h2-18H,1H3. The molecular weight excluding hydrogens is 412 g/mol. The second-order valence-corrected chi connectivity index (χ2v) is 7.73. The van der Waals surface area contributed by atoms with Crippen LogP contribution in [-0.2, 0) is 0 Å². The molecule has 0 radical (unpaired) electrons. The van der Waals surface area contributed by atoms with E-state index in [9.17, 15) is 10.1 Å². The molecule has 0 amide bonds. The number of oxazole rings is 1. The summed E-state index contributed by atoms with van der Waals surface area (Å²) in [5, 5.41) is 11.5. The molecular formula is C28H20N2O3. The second kappa shape index (κ2) is 8.55. The van der Waals surface area contributed by atoms with Gasteiger partial charge in [-0.05, 0) is 24.1 Å². The van der Waals surface area contributed by atoms with E-state index in [0.717, 1.165) is 33.5 Å². The molecule has 0 saturated carbocycles. The maximum atomic E-state index is 11.5. The lowest BCUT2D eigenvalue weighted by atomic mass is 9.98. The van der Waals surface area contributed by atoms with Gasteiger partial charge in [-0.3, -0.25) is 10.1 Å². The average Bonchev–Trinajstić information content (AvgIpc) is 3.31. The normalized spacial score (nSPS) is 10.8. The molecule has 160 valence electrons. The van der Waals surface area contributed by atoms with E-state index < -0.39 is 0 Å². The Balaban J connectivity index is 1.70. The number of rotatable bonds is 5. The zero-order valence-electron chi connectivity index (χ0n) is 17.9. The monoisotopic (exact) mass is 432 g/mol. The first-order valence-electron chi connectivity index (χ1n) is 10.6. The summed E-state index contributed by atoms with van der Waals surface area (Å²) in [4.78, 5) is 16.0. The van der Waals surface area contributed by atoms with Crippen molar-refractivity contribution in [3.63, 3.8) is 0 Å². The molecule has 0 unspecified atom stereocenters. The van der Waals surface area contributed by atoms with Gasteiger partial charge in [-0.1, -0.05) is 91.0 Å². The van der Waals surface area contributed by atoms with Crippen LogP contribution in [0, 0.1) is 17.0 Å². The molecule has 1 aromatic heterocycles. The minimum Gasteiger partial charge on any atom is -0.435 e. The molecule has 0 bridgehead atoms. The molecule has 5 aromatic rings. The Hall–Kier alpha value is -4.51. The van der Waals surface area contributed by atoms with Gasteiger partial charge in [0.1, 0.15) is 5.69 Å². The highest BCUT2D eigenvalue weighted by Gasteiger charge is 2.21. The first-order chi connectivity index (χ1) is 16.1. The maximum Gasteiger partial charge on any atom is 0.272 e. The minimum atomic E-state index is -0.354. The number of benzene rings is 4. The molecule has 0 fully saturated rings. The van der Waals surface area contributed by atoms with Gasteiger partial charge in [0, 0.05) is 28.3 Å². The maximum absolute atomic E-state index is 11.5. The van der Waals surface area contributed by atoms with E-state index in [1.807, 2.05) is 91.0 Å². The predicted octanol–water partition coefficient (Wildman–Crippen LogP) is 7.56. The van der Waals surface area contributed by atoms with Crippen LogP contribution < -0.4 is 0 Å². The van der Waals surface area contributed by atoms with E-state index in [2.05, 4.69) is 0 Å². The van der Waals surface area contributed by atoms with Crippen molar-refractivity contribution in [1.29, 1.82) is 0 Å². The average molecular weight is 432 g/mol. The Bertz CT molecular complexity index is 1380. The summed E-state index contributed by atoms with van der Waals surface area (Å²) in [6.45, 7) is 1.74. The molecule has 4 aromatic carbocycles. The summed E-state index contributed by atoms with van der Waals surface area (Å²) in [7, 11) is 0. The van der Waals surface area contributed by atoms with Gasteiger partial charge in [0.15, 0.2) is 5.76 Å². The quantitative estimate of drug-likeness (QED) is 0.212. The SMILES string of the molecule is Cc1ccc(-c2ccccc2-c2nc(-c3ccccc3)c(-c3ccccc3)o2)cc1[N+](=O)[O-]. The van der Waals surface area contributed by atoms with Gasteiger partial charge in [0.25, 0.3) is 5.69 Å². The van der Waals surface area contributed by atoms with Crippen LogP contribution in [0.1, 0.15) is 5.56 Å². The van der Waals surface area contributed by atoms with Gasteiger partial charge in [-0.2, -0.15) is 0 Å². The molecule has 0 aliphatic carbocycles. The van der Waals surface area contributed by atoms with E-state index in [1.165, 1.54) is 0 Å². The number of aryl methyl sites for hydroxylation is 1. The van der Waals surface area contributed by atoms with Crippen LogP contribution in [0.25, 0.3) is 45.2 Å². The van der Waals surface area contributed by atoms with Crippen molar-refractivity contribution >= 4 is 5.69 Å². The van der Waals surface area contributed by atoms with E-state index in [1.54, 1.807) is 19.1 Å². The summed E-state index contributed by atoms with van der Waals surface area (Å²) in [6.07, 6.45) is 0. The van der Waals surface area contributed by atoms with Gasteiger partial charge in [-0.15, -0.1) is 0 Å². The molecule has 5 rings (SSSR count). The van der Waals surface area contributed by atoms with Crippen LogP contribution in [-0.4, -0.2) is 9.91 Å². The smallest absolute Gasteiger partial charge is 0.272 e. The first-order valence-corrected chi connectivity index (χ1v) is 10.6. The Morgan fingerprint density at radius 1 is 0.727 bits per heavy atom. The van der Waals surface area contributed by atoms with Crippen molar-refractivity contribution in [3.05, 3.63) is 119 Å². The molecule has 0 aliphatic heterocycles. The third-order valence-corrected chi connectivity index (χ3v) is 5.58. The van der Waals surface area contributed by atoms with Crippen LogP contribution in [0.4, 0.5) is 5.69 Å². The highest BCUT2D eigenvalue weighted by atomic mass is 16.6. The van der Waals surface area contributed by atoms with Crippen molar-refractivity contribution in [3.8, 4) is 45.2 Å². The van der Waals surface area contributed by atoms with Crippen molar-refractivity contribution in [1.82, 2.24) is 4.98 Å². The molecule has 0 atom stereocenters. The lowest BCUT2D eigenvalue weighted by molar-refractivity contribution is -0.385. The van der Waals surface area contributed by atoms with Crippen LogP contribution in [0.15, 0.2) is 108 Å². The molecule has 1 heterocycles. The third-order valence-electron chi connectivity index (χ3n) is 5.58. The van der Waals surface area contributed by atoms with Crippen LogP contribution in [0.5, 0.6) is 0 Å². The number of nitro benzene ring substituents is 1. The van der Waals surface area contributed by atoms with E-state index in [4.69, 9.17) is 9.40 Å². The van der Waals surface area contributed by atoms with Crippen LogP contribution in [0.3, 0.4) is 0 Å².